The quantitative estimate of drug-likeness (QED) is 0.723. The molecule has 0 atom stereocenters. The Morgan fingerprint density at radius 2 is 2.11 bits per heavy atom. The third-order valence-corrected chi connectivity index (χ3v) is 4.23. The van der Waals surface area contributed by atoms with Gasteiger partial charge in [0.05, 0.1) is 17.6 Å². The number of thiophene rings is 1. The van der Waals surface area contributed by atoms with Gasteiger partial charge in [-0.15, -0.1) is 11.3 Å². The van der Waals surface area contributed by atoms with E-state index in [1.54, 1.807) is 0 Å². The third-order valence-electron chi connectivity index (χ3n) is 3.29. The van der Waals surface area contributed by atoms with Gasteiger partial charge >= 0.3 is 0 Å². The molecule has 0 bridgehead atoms. The number of imidazole rings is 1. The molecule has 0 saturated heterocycles. The molecule has 3 nitrogen and oxygen atoms in total. The molecule has 1 aromatic carbocycles. The zero-order valence-corrected chi connectivity index (χ0v) is 11.8. The largest absolute Gasteiger partial charge is 0.330 e. The predicted octanol–water partition coefficient (Wildman–Crippen LogP) is 2.97. The number of nitrogens with zero attached hydrogens (tertiary/aromatic N) is 2. The summed E-state index contributed by atoms with van der Waals surface area (Å²) >= 11 is 1.82. The number of nitrogens with one attached hydrogen (secondary N) is 1. The van der Waals surface area contributed by atoms with Crippen LogP contribution in [-0.4, -0.2) is 16.1 Å². The number of benzene rings is 1. The second kappa shape index (κ2) is 5.55. The van der Waals surface area contributed by atoms with Gasteiger partial charge in [-0.1, -0.05) is 18.2 Å². The van der Waals surface area contributed by atoms with Gasteiger partial charge in [0.25, 0.3) is 0 Å². The van der Waals surface area contributed by atoms with Crippen molar-refractivity contribution in [1.29, 1.82) is 0 Å². The number of hydrogen-bond acceptors (Lipinski definition) is 3. The normalized spacial score (nSPS) is 11.2. The molecule has 0 amide bonds. The summed E-state index contributed by atoms with van der Waals surface area (Å²) in [4.78, 5) is 6.08. The van der Waals surface area contributed by atoms with Gasteiger partial charge in [0.1, 0.15) is 5.82 Å². The monoisotopic (exact) mass is 271 g/mol. The summed E-state index contributed by atoms with van der Waals surface area (Å²) in [6, 6.07) is 12.5. The maximum Gasteiger partial charge on any atom is 0.123 e. The second-order valence-corrected chi connectivity index (χ2v) is 5.61. The maximum atomic E-state index is 4.65. The van der Waals surface area contributed by atoms with Gasteiger partial charge in [-0.3, -0.25) is 0 Å². The average molecular weight is 271 g/mol. The van der Waals surface area contributed by atoms with E-state index in [2.05, 4.69) is 57.6 Å². The van der Waals surface area contributed by atoms with E-state index in [9.17, 15) is 0 Å². The van der Waals surface area contributed by atoms with E-state index in [1.165, 1.54) is 10.4 Å². The molecule has 3 aromatic rings. The fourth-order valence-corrected chi connectivity index (χ4v) is 2.93. The van der Waals surface area contributed by atoms with E-state index in [0.29, 0.717) is 0 Å². The maximum absolute atomic E-state index is 4.65. The van der Waals surface area contributed by atoms with Gasteiger partial charge in [-0.25, -0.2) is 4.98 Å². The van der Waals surface area contributed by atoms with Crippen molar-refractivity contribution in [2.75, 3.05) is 6.54 Å². The Morgan fingerprint density at radius 3 is 2.89 bits per heavy atom. The minimum absolute atomic E-state index is 0.816. The summed E-state index contributed by atoms with van der Waals surface area (Å²) in [7, 11) is 2.08. The number of rotatable bonds is 5. The molecule has 3 rings (SSSR count). The first-order valence-electron chi connectivity index (χ1n) is 6.48. The van der Waals surface area contributed by atoms with Crippen LogP contribution in [0.3, 0.4) is 0 Å². The Hall–Kier alpha value is -1.65. The van der Waals surface area contributed by atoms with E-state index in [0.717, 1.165) is 30.9 Å². The van der Waals surface area contributed by atoms with Crippen LogP contribution in [-0.2, 0) is 20.0 Å². The molecular weight excluding hydrogens is 254 g/mol. The first kappa shape index (κ1) is 12.4. The zero-order chi connectivity index (χ0) is 13.1. The number of aromatic nitrogens is 2. The number of fused-ring (bicyclic) bond motifs is 1. The molecule has 0 aliphatic carbocycles. The van der Waals surface area contributed by atoms with Crippen LogP contribution in [0.5, 0.6) is 0 Å². The van der Waals surface area contributed by atoms with E-state index in [4.69, 9.17) is 0 Å². The summed E-state index contributed by atoms with van der Waals surface area (Å²) in [5, 5.41) is 5.59. The van der Waals surface area contributed by atoms with Gasteiger partial charge in [0, 0.05) is 18.5 Å². The topological polar surface area (TPSA) is 29.9 Å². The fraction of sp³-hybridized carbons (Fsp3) is 0.267. The highest BCUT2D eigenvalue weighted by Gasteiger charge is 2.05. The van der Waals surface area contributed by atoms with E-state index >= 15 is 0 Å². The van der Waals surface area contributed by atoms with Crippen molar-refractivity contribution in [2.24, 2.45) is 7.05 Å². The van der Waals surface area contributed by atoms with Crippen LogP contribution in [0.25, 0.3) is 11.0 Å². The summed E-state index contributed by atoms with van der Waals surface area (Å²) in [6.45, 7) is 1.81. The van der Waals surface area contributed by atoms with Crippen molar-refractivity contribution in [3.05, 3.63) is 52.5 Å². The third kappa shape index (κ3) is 2.69. The molecule has 0 saturated carbocycles. The average Bonchev–Trinajstić information content (AvgIpc) is 3.04. The van der Waals surface area contributed by atoms with Crippen molar-refractivity contribution in [2.45, 2.75) is 13.0 Å². The van der Waals surface area contributed by atoms with E-state index < -0.39 is 0 Å². The Balaban J connectivity index is 1.61. The van der Waals surface area contributed by atoms with Gasteiger partial charge in [-0.2, -0.15) is 0 Å². The van der Waals surface area contributed by atoms with Crippen LogP contribution >= 0.6 is 11.3 Å². The summed E-state index contributed by atoms with van der Waals surface area (Å²) < 4.78 is 2.16. The molecule has 98 valence electrons. The zero-order valence-electron chi connectivity index (χ0n) is 11.0. The lowest BCUT2D eigenvalue weighted by molar-refractivity contribution is 0.644. The molecule has 19 heavy (non-hydrogen) atoms. The van der Waals surface area contributed by atoms with E-state index in [1.807, 2.05) is 17.4 Å². The summed E-state index contributed by atoms with van der Waals surface area (Å²) in [6.07, 6.45) is 1.08. The molecular formula is C15H17N3S. The highest BCUT2D eigenvalue weighted by atomic mass is 32.1. The van der Waals surface area contributed by atoms with Crippen molar-refractivity contribution < 1.29 is 0 Å². The standard InChI is InChI=1S/C15H17N3S/c1-18-14-7-3-2-6-13(14)17-15(18)11-16-9-8-12-5-4-10-19-12/h2-7,10,16H,8-9,11H2,1H3. The Kier molecular flexibility index (Phi) is 3.62. The van der Waals surface area contributed by atoms with Crippen LogP contribution in [0.2, 0.25) is 0 Å². The van der Waals surface area contributed by atoms with Gasteiger partial charge in [0.15, 0.2) is 0 Å². The highest BCUT2D eigenvalue weighted by Crippen LogP contribution is 2.14. The summed E-state index contributed by atoms with van der Waals surface area (Å²) in [5.74, 6) is 1.09. The van der Waals surface area contributed by atoms with Crippen LogP contribution in [0.4, 0.5) is 0 Å². The number of hydrogen-bond donors (Lipinski definition) is 1. The Morgan fingerprint density at radius 1 is 1.21 bits per heavy atom. The van der Waals surface area contributed by atoms with Crippen molar-refractivity contribution >= 4 is 22.4 Å². The van der Waals surface area contributed by atoms with E-state index in [-0.39, 0.29) is 0 Å². The molecule has 0 aliphatic heterocycles. The van der Waals surface area contributed by atoms with Gasteiger partial charge < -0.3 is 9.88 Å². The molecule has 0 fully saturated rings. The lowest BCUT2D eigenvalue weighted by Crippen LogP contribution is -2.18. The number of aryl methyl sites for hydroxylation is 1. The summed E-state index contributed by atoms with van der Waals surface area (Å²) in [5.41, 5.74) is 2.26. The molecule has 2 aromatic heterocycles. The first-order chi connectivity index (χ1) is 9.34. The first-order valence-corrected chi connectivity index (χ1v) is 7.36. The molecule has 0 aliphatic rings. The van der Waals surface area contributed by atoms with Gasteiger partial charge in [-0.05, 0) is 30.0 Å². The lowest BCUT2D eigenvalue weighted by Gasteiger charge is -2.04. The van der Waals surface area contributed by atoms with Crippen molar-refractivity contribution in [3.63, 3.8) is 0 Å². The molecule has 0 spiro atoms. The Labute approximate surface area is 116 Å². The smallest absolute Gasteiger partial charge is 0.123 e. The van der Waals surface area contributed by atoms with Crippen LogP contribution in [0, 0.1) is 0 Å². The minimum atomic E-state index is 0.816. The predicted molar refractivity (Wildman–Crippen MR) is 80.4 cm³/mol. The minimum Gasteiger partial charge on any atom is -0.330 e. The SMILES string of the molecule is Cn1c(CNCCc2cccs2)nc2ccccc21. The fourth-order valence-electron chi connectivity index (χ4n) is 2.22. The van der Waals surface area contributed by atoms with Gasteiger partial charge in [0.2, 0.25) is 0 Å². The van der Waals surface area contributed by atoms with Crippen LogP contribution in [0.1, 0.15) is 10.7 Å². The molecule has 2 heterocycles. The molecule has 0 unspecified atom stereocenters. The lowest BCUT2D eigenvalue weighted by atomic mass is 10.3. The second-order valence-electron chi connectivity index (χ2n) is 4.58. The Bertz CT molecular complexity index is 655. The molecule has 0 radical (unpaired) electrons. The van der Waals surface area contributed by atoms with Crippen LogP contribution in [0.15, 0.2) is 41.8 Å². The highest BCUT2D eigenvalue weighted by molar-refractivity contribution is 7.09. The van der Waals surface area contributed by atoms with Crippen molar-refractivity contribution in [1.82, 2.24) is 14.9 Å². The molecule has 1 N–H and O–H groups in total. The van der Waals surface area contributed by atoms with Crippen molar-refractivity contribution in [3.8, 4) is 0 Å². The van der Waals surface area contributed by atoms with Crippen LogP contribution < -0.4 is 5.32 Å². The number of para-hydroxylation sites is 2. The molecule has 4 heteroatoms.